The van der Waals surface area contributed by atoms with Crippen LogP contribution in [0.2, 0.25) is 0 Å². The molecule has 0 saturated carbocycles. The third kappa shape index (κ3) is 3.67. The van der Waals surface area contributed by atoms with Crippen LogP contribution in [0.1, 0.15) is 35.9 Å². The first-order valence-corrected chi connectivity index (χ1v) is 9.41. The number of hydrogen-bond donors (Lipinski definition) is 0. The lowest BCUT2D eigenvalue weighted by molar-refractivity contribution is 0.0564. The van der Waals surface area contributed by atoms with Gasteiger partial charge in [0.25, 0.3) is 5.56 Å². The molecule has 0 aliphatic rings. The van der Waals surface area contributed by atoms with Crippen molar-refractivity contribution in [2.75, 3.05) is 7.11 Å². The number of unbranched alkanes of at least 4 members (excludes halogenated alkanes) is 1. The standard InChI is InChI=1S/C19H20N2O4S/c1-3-4-10-21-17(22)14-7-5-6-8-15(14)20-19(21)26-12-13-9-11-25-16(13)18(23)24-2/h5-9,11H,3-4,10,12H2,1-2H3. The van der Waals surface area contributed by atoms with Gasteiger partial charge in [0.1, 0.15) is 0 Å². The summed E-state index contributed by atoms with van der Waals surface area (Å²) in [5.74, 6) is 0.126. The zero-order valence-electron chi connectivity index (χ0n) is 14.7. The molecule has 0 radical (unpaired) electrons. The smallest absolute Gasteiger partial charge is 0.374 e. The first-order valence-electron chi connectivity index (χ1n) is 8.42. The van der Waals surface area contributed by atoms with Crippen molar-refractivity contribution in [2.45, 2.75) is 37.2 Å². The van der Waals surface area contributed by atoms with Gasteiger partial charge in [-0.2, -0.15) is 0 Å². The number of furan rings is 1. The Balaban J connectivity index is 1.95. The van der Waals surface area contributed by atoms with Crippen LogP contribution in [0, 0.1) is 0 Å². The summed E-state index contributed by atoms with van der Waals surface area (Å²) in [6, 6.07) is 9.08. The number of rotatable bonds is 7. The third-order valence-electron chi connectivity index (χ3n) is 4.04. The molecule has 0 saturated heterocycles. The molecule has 0 amide bonds. The fraction of sp³-hybridized carbons (Fsp3) is 0.316. The van der Waals surface area contributed by atoms with Crippen molar-refractivity contribution in [1.82, 2.24) is 9.55 Å². The number of para-hydroxylation sites is 1. The molecule has 7 heteroatoms. The minimum atomic E-state index is -0.513. The summed E-state index contributed by atoms with van der Waals surface area (Å²) in [5, 5.41) is 1.26. The minimum absolute atomic E-state index is 0.0352. The molecule has 3 rings (SSSR count). The lowest BCUT2D eigenvalue weighted by atomic mass is 10.2. The van der Waals surface area contributed by atoms with Crippen LogP contribution < -0.4 is 5.56 Å². The van der Waals surface area contributed by atoms with E-state index in [0.717, 1.165) is 12.8 Å². The summed E-state index contributed by atoms with van der Waals surface area (Å²) in [6.07, 6.45) is 3.34. The maximum absolute atomic E-state index is 12.9. The van der Waals surface area contributed by atoms with Crippen molar-refractivity contribution in [3.63, 3.8) is 0 Å². The average molecular weight is 372 g/mol. The molecule has 0 N–H and O–H groups in total. The lowest BCUT2D eigenvalue weighted by Crippen LogP contribution is -2.23. The Bertz CT molecular complexity index is 977. The van der Waals surface area contributed by atoms with Gasteiger partial charge in [0.05, 0.1) is 24.3 Å². The lowest BCUT2D eigenvalue weighted by Gasteiger charge is -2.12. The SMILES string of the molecule is CCCCn1c(SCc2ccoc2C(=O)OC)nc2ccccc2c1=O. The highest BCUT2D eigenvalue weighted by atomic mass is 32.2. The molecule has 0 fully saturated rings. The number of carbonyl (C=O) groups excluding carboxylic acids is 1. The Hall–Kier alpha value is -2.54. The fourth-order valence-electron chi connectivity index (χ4n) is 2.63. The van der Waals surface area contributed by atoms with E-state index in [-0.39, 0.29) is 11.3 Å². The van der Waals surface area contributed by atoms with E-state index < -0.39 is 5.97 Å². The highest BCUT2D eigenvalue weighted by Crippen LogP contribution is 2.25. The van der Waals surface area contributed by atoms with Crippen molar-refractivity contribution in [3.8, 4) is 0 Å². The topological polar surface area (TPSA) is 74.3 Å². The van der Waals surface area contributed by atoms with Gasteiger partial charge >= 0.3 is 5.97 Å². The van der Waals surface area contributed by atoms with E-state index in [2.05, 4.69) is 11.9 Å². The maximum Gasteiger partial charge on any atom is 0.374 e. The molecule has 26 heavy (non-hydrogen) atoms. The van der Waals surface area contributed by atoms with Crippen LogP contribution >= 0.6 is 11.8 Å². The number of ether oxygens (including phenoxy) is 1. The van der Waals surface area contributed by atoms with Gasteiger partial charge in [0, 0.05) is 17.9 Å². The summed E-state index contributed by atoms with van der Waals surface area (Å²) in [4.78, 5) is 29.3. The van der Waals surface area contributed by atoms with Crippen molar-refractivity contribution in [1.29, 1.82) is 0 Å². The number of carbonyl (C=O) groups is 1. The predicted octanol–water partition coefficient (Wildman–Crippen LogP) is 3.87. The number of benzene rings is 1. The summed E-state index contributed by atoms with van der Waals surface area (Å²) < 4.78 is 11.7. The first-order chi connectivity index (χ1) is 12.7. The van der Waals surface area contributed by atoms with Crippen molar-refractivity contribution in [3.05, 3.63) is 58.3 Å². The Morgan fingerprint density at radius 3 is 2.88 bits per heavy atom. The second kappa shape index (κ2) is 8.23. The number of thioether (sulfide) groups is 1. The molecule has 136 valence electrons. The zero-order chi connectivity index (χ0) is 18.5. The highest BCUT2D eigenvalue weighted by molar-refractivity contribution is 7.98. The van der Waals surface area contributed by atoms with Crippen molar-refractivity contribution in [2.24, 2.45) is 0 Å². The number of esters is 1. The van der Waals surface area contributed by atoms with Gasteiger partial charge in [0.2, 0.25) is 5.76 Å². The number of aromatic nitrogens is 2. The summed E-state index contributed by atoms with van der Waals surface area (Å²) in [6.45, 7) is 2.70. The van der Waals surface area contributed by atoms with Crippen LogP contribution in [0.4, 0.5) is 0 Å². The largest absolute Gasteiger partial charge is 0.463 e. The van der Waals surface area contributed by atoms with Gasteiger partial charge in [0.15, 0.2) is 5.16 Å². The number of methoxy groups -OCH3 is 1. The Kier molecular flexibility index (Phi) is 5.78. The average Bonchev–Trinajstić information content (AvgIpc) is 3.14. The van der Waals surface area contributed by atoms with E-state index in [4.69, 9.17) is 9.15 Å². The van der Waals surface area contributed by atoms with E-state index in [1.807, 2.05) is 18.2 Å². The molecule has 1 aromatic carbocycles. The molecule has 6 nitrogen and oxygen atoms in total. The van der Waals surface area contributed by atoms with E-state index in [1.165, 1.54) is 25.1 Å². The van der Waals surface area contributed by atoms with Crippen LogP contribution in [0.5, 0.6) is 0 Å². The van der Waals surface area contributed by atoms with Gasteiger partial charge in [-0.3, -0.25) is 9.36 Å². The van der Waals surface area contributed by atoms with E-state index in [9.17, 15) is 9.59 Å². The van der Waals surface area contributed by atoms with E-state index in [0.29, 0.717) is 33.9 Å². The molecule has 3 aromatic rings. The van der Waals surface area contributed by atoms with Crippen LogP contribution in [0.3, 0.4) is 0 Å². The van der Waals surface area contributed by atoms with Gasteiger partial charge in [-0.1, -0.05) is 37.2 Å². The second-order valence-electron chi connectivity index (χ2n) is 5.78. The summed E-state index contributed by atoms with van der Waals surface area (Å²) >= 11 is 1.41. The molecule has 0 aliphatic heterocycles. The molecule has 0 bridgehead atoms. The normalized spacial score (nSPS) is 11.0. The van der Waals surface area contributed by atoms with Crippen LogP contribution in [0.25, 0.3) is 10.9 Å². The summed E-state index contributed by atoms with van der Waals surface area (Å²) in [5.41, 5.74) is 1.35. The van der Waals surface area contributed by atoms with E-state index >= 15 is 0 Å². The Morgan fingerprint density at radius 1 is 1.31 bits per heavy atom. The number of nitrogens with zero attached hydrogens (tertiary/aromatic N) is 2. The Morgan fingerprint density at radius 2 is 2.12 bits per heavy atom. The van der Waals surface area contributed by atoms with Crippen LogP contribution in [-0.2, 0) is 17.0 Å². The third-order valence-corrected chi connectivity index (χ3v) is 5.06. The van der Waals surface area contributed by atoms with Gasteiger partial charge < -0.3 is 9.15 Å². The molecule has 0 atom stereocenters. The molecule has 2 aromatic heterocycles. The summed E-state index contributed by atoms with van der Waals surface area (Å²) in [7, 11) is 1.31. The molecule has 2 heterocycles. The highest BCUT2D eigenvalue weighted by Gasteiger charge is 2.17. The molecular formula is C19H20N2O4S. The minimum Gasteiger partial charge on any atom is -0.463 e. The molecular weight excluding hydrogens is 352 g/mol. The van der Waals surface area contributed by atoms with Gasteiger partial charge in [-0.15, -0.1) is 0 Å². The molecule has 0 aliphatic carbocycles. The number of fused-ring (bicyclic) bond motifs is 1. The zero-order valence-corrected chi connectivity index (χ0v) is 15.5. The second-order valence-corrected chi connectivity index (χ2v) is 6.72. The first kappa shape index (κ1) is 18.3. The molecule has 0 unspecified atom stereocenters. The van der Waals surface area contributed by atoms with Crippen molar-refractivity contribution < 1.29 is 13.9 Å². The quantitative estimate of drug-likeness (QED) is 0.356. The Labute approximate surface area is 155 Å². The van der Waals surface area contributed by atoms with Crippen molar-refractivity contribution >= 4 is 28.6 Å². The monoisotopic (exact) mass is 372 g/mol. The van der Waals surface area contributed by atoms with Gasteiger partial charge in [-0.05, 0) is 24.6 Å². The number of hydrogen-bond acceptors (Lipinski definition) is 6. The van der Waals surface area contributed by atoms with Crippen LogP contribution in [-0.4, -0.2) is 22.6 Å². The predicted molar refractivity (Wildman–Crippen MR) is 101 cm³/mol. The van der Waals surface area contributed by atoms with Crippen LogP contribution in [0.15, 0.2) is 51.0 Å². The molecule has 0 spiro atoms. The van der Waals surface area contributed by atoms with Gasteiger partial charge in [-0.25, -0.2) is 9.78 Å². The fourth-order valence-corrected chi connectivity index (χ4v) is 3.64. The maximum atomic E-state index is 12.9. The van der Waals surface area contributed by atoms with E-state index in [1.54, 1.807) is 16.7 Å².